The van der Waals surface area contributed by atoms with Crippen LogP contribution in [0.5, 0.6) is 0 Å². The minimum Gasteiger partial charge on any atom is -0.339 e. The summed E-state index contributed by atoms with van der Waals surface area (Å²) in [6.07, 6.45) is 2.97. The first-order valence-electron chi connectivity index (χ1n) is 6.09. The number of aryl methyl sites for hydroxylation is 2. The van der Waals surface area contributed by atoms with Gasteiger partial charge < -0.3 is 9.88 Å². The summed E-state index contributed by atoms with van der Waals surface area (Å²) in [5.41, 5.74) is 3.19. The highest BCUT2D eigenvalue weighted by Crippen LogP contribution is 2.21. The van der Waals surface area contributed by atoms with E-state index in [-0.39, 0.29) is 0 Å². The normalized spacial score (nSPS) is 10.4. The zero-order valence-corrected chi connectivity index (χ0v) is 11.1. The molecule has 0 bridgehead atoms. The molecule has 0 spiro atoms. The Bertz CT molecular complexity index is 810. The van der Waals surface area contributed by atoms with Gasteiger partial charge in [-0.2, -0.15) is 5.26 Å². The maximum absolute atomic E-state index is 8.68. The summed E-state index contributed by atoms with van der Waals surface area (Å²) < 4.78 is 2.04. The van der Waals surface area contributed by atoms with Gasteiger partial charge in [0, 0.05) is 12.7 Å². The maximum Gasteiger partial charge on any atom is 0.158 e. The number of fused-ring (bicyclic) bond motifs is 1. The Balaban J connectivity index is 1.92. The molecule has 6 nitrogen and oxygen atoms in total. The average molecular weight is 264 g/mol. The largest absolute Gasteiger partial charge is 0.339 e. The Morgan fingerprint density at radius 2 is 2.10 bits per heavy atom. The van der Waals surface area contributed by atoms with Crippen LogP contribution in [0.1, 0.15) is 11.5 Å². The van der Waals surface area contributed by atoms with Crippen molar-refractivity contribution >= 4 is 22.5 Å². The van der Waals surface area contributed by atoms with Gasteiger partial charge in [-0.1, -0.05) is 0 Å². The second-order valence-electron chi connectivity index (χ2n) is 4.45. The van der Waals surface area contributed by atoms with E-state index in [1.807, 2.05) is 42.8 Å². The molecule has 0 saturated carbocycles. The van der Waals surface area contributed by atoms with E-state index >= 15 is 0 Å². The van der Waals surface area contributed by atoms with Gasteiger partial charge in [0.1, 0.15) is 17.7 Å². The smallest absolute Gasteiger partial charge is 0.158 e. The van der Waals surface area contributed by atoms with Gasteiger partial charge in [0.15, 0.2) is 5.69 Å². The fraction of sp³-hybridized carbons (Fsp3) is 0.143. The minimum absolute atomic E-state index is 0.298. The SMILES string of the molecule is Cc1nc2cc(Nc3cnc(C#N)cn3)ccc2n1C. The second-order valence-corrected chi connectivity index (χ2v) is 4.45. The lowest BCUT2D eigenvalue weighted by Crippen LogP contribution is -1.95. The van der Waals surface area contributed by atoms with Crippen LogP contribution in [0.4, 0.5) is 11.5 Å². The molecule has 0 radical (unpaired) electrons. The molecule has 2 heterocycles. The van der Waals surface area contributed by atoms with Gasteiger partial charge in [-0.15, -0.1) is 0 Å². The number of aromatic nitrogens is 4. The third kappa shape index (κ3) is 2.06. The Morgan fingerprint density at radius 3 is 2.80 bits per heavy atom. The summed E-state index contributed by atoms with van der Waals surface area (Å²) in [6, 6.07) is 7.87. The molecule has 0 aliphatic carbocycles. The standard InChI is InChI=1S/C14H12N6/c1-9-18-12-5-10(3-4-13(12)20(9)2)19-14-8-16-11(6-15)7-17-14/h3-5,7-8H,1-2H3,(H,17,19). The maximum atomic E-state index is 8.68. The Morgan fingerprint density at radius 1 is 1.25 bits per heavy atom. The first kappa shape index (κ1) is 12.1. The first-order chi connectivity index (χ1) is 9.67. The monoisotopic (exact) mass is 264 g/mol. The van der Waals surface area contributed by atoms with E-state index in [1.165, 1.54) is 12.4 Å². The Hall–Kier alpha value is -2.94. The Kier molecular flexibility index (Phi) is 2.80. The number of imidazole rings is 1. The molecule has 20 heavy (non-hydrogen) atoms. The lowest BCUT2D eigenvalue weighted by Gasteiger charge is -2.05. The molecule has 0 aliphatic rings. The fourth-order valence-electron chi connectivity index (χ4n) is 2.00. The molecule has 0 atom stereocenters. The molecule has 1 N–H and O–H groups in total. The van der Waals surface area contributed by atoms with E-state index < -0.39 is 0 Å². The number of hydrogen-bond donors (Lipinski definition) is 1. The van der Waals surface area contributed by atoms with Crippen LogP contribution in [0.2, 0.25) is 0 Å². The van der Waals surface area contributed by atoms with Crippen molar-refractivity contribution in [1.29, 1.82) is 5.26 Å². The molecule has 3 aromatic rings. The van der Waals surface area contributed by atoms with Crippen molar-refractivity contribution in [2.75, 3.05) is 5.32 Å². The summed E-state index contributed by atoms with van der Waals surface area (Å²) >= 11 is 0. The van der Waals surface area contributed by atoms with Crippen molar-refractivity contribution in [3.05, 3.63) is 42.1 Å². The van der Waals surface area contributed by atoms with E-state index in [2.05, 4.69) is 20.3 Å². The Labute approximate surface area is 115 Å². The van der Waals surface area contributed by atoms with Crippen molar-refractivity contribution in [3.63, 3.8) is 0 Å². The fourth-order valence-corrected chi connectivity index (χ4v) is 2.00. The van der Waals surface area contributed by atoms with Gasteiger partial charge in [0.2, 0.25) is 0 Å². The molecule has 2 aromatic heterocycles. The number of nitrogens with zero attached hydrogens (tertiary/aromatic N) is 5. The quantitative estimate of drug-likeness (QED) is 0.768. The highest BCUT2D eigenvalue weighted by molar-refractivity contribution is 5.81. The van der Waals surface area contributed by atoms with E-state index in [0.29, 0.717) is 11.5 Å². The molecule has 0 fully saturated rings. The molecule has 0 aliphatic heterocycles. The van der Waals surface area contributed by atoms with E-state index in [9.17, 15) is 0 Å². The zero-order chi connectivity index (χ0) is 14.1. The highest BCUT2D eigenvalue weighted by atomic mass is 15.1. The topological polar surface area (TPSA) is 79.4 Å². The molecular formula is C14H12N6. The van der Waals surface area contributed by atoms with E-state index in [0.717, 1.165) is 22.5 Å². The predicted molar refractivity (Wildman–Crippen MR) is 75.5 cm³/mol. The van der Waals surface area contributed by atoms with Crippen LogP contribution in [0.25, 0.3) is 11.0 Å². The number of rotatable bonds is 2. The number of benzene rings is 1. The molecule has 3 rings (SSSR count). The summed E-state index contributed by atoms with van der Waals surface area (Å²) in [6.45, 7) is 1.97. The molecule has 0 saturated heterocycles. The van der Waals surface area contributed by atoms with E-state index in [1.54, 1.807) is 0 Å². The molecule has 0 unspecified atom stereocenters. The number of hydrogen-bond acceptors (Lipinski definition) is 5. The molecule has 98 valence electrons. The van der Waals surface area contributed by atoms with Crippen LogP contribution in [0.3, 0.4) is 0 Å². The molecule has 1 aromatic carbocycles. The first-order valence-corrected chi connectivity index (χ1v) is 6.09. The summed E-state index contributed by atoms with van der Waals surface area (Å²) in [5, 5.41) is 11.8. The lowest BCUT2D eigenvalue weighted by atomic mass is 10.2. The van der Waals surface area contributed by atoms with Crippen LogP contribution in [-0.2, 0) is 7.05 Å². The van der Waals surface area contributed by atoms with Gasteiger partial charge >= 0.3 is 0 Å². The van der Waals surface area contributed by atoms with Gasteiger partial charge in [-0.3, -0.25) is 0 Å². The van der Waals surface area contributed by atoms with Gasteiger partial charge in [-0.05, 0) is 25.1 Å². The zero-order valence-electron chi connectivity index (χ0n) is 11.1. The third-order valence-corrected chi connectivity index (χ3v) is 3.14. The van der Waals surface area contributed by atoms with Crippen LogP contribution in [0.15, 0.2) is 30.6 Å². The minimum atomic E-state index is 0.298. The number of nitrogens with one attached hydrogen (secondary N) is 1. The van der Waals surface area contributed by atoms with Crippen molar-refractivity contribution in [1.82, 2.24) is 19.5 Å². The highest BCUT2D eigenvalue weighted by Gasteiger charge is 2.05. The molecule has 0 amide bonds. The predicted octanol–water partition coefficient (Wildman–Crippen LogP) is 2.29. The van der Waals surface area contributed by atoms with Crippen LogP contribution >= 0.6 is 0 Å². The second kappa shape index (κ2) is 4.63. The number of nitriles is 1. The van der Waals surface area contributed by atoms with Gasteiger partial charge in [0.25, 0.3) is 0 Å². The summed E-state index contributed by atoms with van der Waals surface area (Å²) in [7, 11) is 1.99. The van der Waals surface area contributed by atoms with E-state index in [4.69, 9.17) is 5.26 Å². The van der Waals surface area contributed by atoms with Crippen molar-refractivity contribution in [2.45, 2.75) is 6.92 Å². The molecule has 6 heteroatoms. The van der Waals surface area contributed by atoms with Crippen molar-refractivity contribution < 1.29 is 0 Å². The van der Waals surface area contributed by atoms with Gasteiger partial charge in [-0.25, -0.2) is 15.0 Å². The van der Waals surface area contributed by atoms with Crippen molar-refractivity contribution in [2.24, 2.45) is 7.05 Å². The van der Waals surface area contributed by atoms with Crippen LogP contribution in [0, 0.1) is 18.3 Å². The number of anilines is 2. The summed E-state index contributed by atoms with van der Waals surface area (Å²) in [4.78, 5) is 12.6. The average Bonchev–Trinajstić information content (AvgIpc) is 2.74. The van der Waals surface area contributed by atoms with Crippen molar-refractivity contribution in [3.8, 4) is 6.07 Å². The van der Waals surface area contributed by atoms with Crippen LogP contribution in [-0.4, -0.2) is 19.5 Å². The van der Waals surface area contributed by atoms with Crippen LogP contribution < -0.4 is 5.32 Å². The molecular weight excluding hydrogens is 252 g/mol. The van der Waals surface area contributed by atoms with Gasteiger partial charge in [0.05, 0.1) is 23.4 Å². The third-order valence-electron chi connectivity index (χ3n) is 3.14. The lowest BCUT2D eigenvalue weighted by molar-refractivity contribution is 0.886. The summed E-state index contributed by atoms with van der Waals surface area (Å²) in [5.74, 6) is 1.56.